The summed E-state index contributed by atoms with van der Waals surface area (Å²) in [6, 6.07) is 4.65. The van der Waals surface area contributed by atoms with E-state index >= 15 is 0 Å². The molecule has 0 unspecified atom stereocenters. The highest BCUT2D eigenvalue weighted by Gasteiger charge is 2.15. The molecule has 1 aromatic rings. The van der Waals surface area contributed by atoms with Crippen LogP contribution in [-0.2, 0) is 0 Å². The molecule has 1 aromatic carbocycles. The second-order valence-corrected chi connectivity index (χ2v) is 4.12. The number of anilines is 1. The Morgan fingerprint density at radius 3 is 2.82 bits per heavy atom. The number of hydrogen-bond donors (Lipinski definition) is 1. The van der Waals surface area contributed by atoms with E-state index in [-0.39, 0.29) is 5.69 Å². The molecule has 5 nitrogen and oxygen atoms in total. The molecule has 0 atom stereocenters. The van der Waals surface area contributed by atoms with Gasteiger partial charge in [-0.05, 0) is 19.7 Å². The van der Waals surface area contributed by atoms with Crippen molar-refractivity contribution >= 4 is 23.0 Å². The quantitative estimate of drug-likeness (QED) is 0.629. The lowest BCUT2D eigenvalue weighted by Crippen LogP contribution is -2.24. The molecule has 0 aliphatic heterocycles. The van der Waals surface area contributed by atoms with Crippen LogP contribution in [0.2, 0.25) is 5.02 Å². The smallest absolute Gasteiger partial charge is 0.293 e. The van der Waals surface area contributed by atoms with Crippen molar-refractivity contribution in [2.75, 3.05) is 32.0 Å². The van der Waals surface area contributed by atoms with E-state index in [0.29, 0.717) is 17.3 Å². The Morgan fingerprint density at radius 1 is 1.53 bits per heavy atom. The van der Waals surface area contributed by atoms with Crippen molar-refractivity contribution in [2.45, 2.75) is 6.92 Å². The van der Waals surface area contributed by atoms with Gasteiger partial charge in [0.15, 0.2) is 0 Å². The molecule has 0 bridgehead atoms. The molecule has 0 aliphatic rings. The Balaban J connectivity index is 2.72. The zero-order valence-electron chi connectivity index (χ0n) is 9.94. The third-order valence-corrected chi connectivity index (χ3v) is 2.84. The summed E-state index contributed by atoms with van der Waals surface area (Å²) >= 11 is 5.94. The topological polar surface area (TPSA) is 58.4 Å². The zero-order chi connectivity index (χ0) is 12.8. The van der Waals surface area contributed by atoms with Crippen LogP contribution in [0, 0.1) is 10.1 Å². The van der Waals surface area contributed by atoms with Gasteiger partial charge in [0.1, 0.15) is 5.69 Å². The van der Waals surface area contributed by atoms with Crippen LogP contribution in [0.3, 0.4) is 0 Å². The molecule has 6 heteroatoms. The molecule has 94 valence electrons. The number of nitro benzene ring substituents is 1. The van der Waals surface area contributed by atoms with Gasteiger partial charge in [-0.1, -0.05) is 24.6 Å². The van der Waals surface area contributed by atoms with Crippen LogP contribution in [0.15, 0.2) is 18.2 Å². The van der Waals surface area contributed by atoms with Crippen LogP contribution in [0.1, 0.15) is 6.92 Å². The van der Waals surface area contributed by atoms with Crippen LogP contribution >= 0.6 is 11.6 Å². The van der Waals surface area contributed by atoms with Crippen LogP contribution in [-0.4, -0.2) is 36.5 Å². The molecule has 0 amide bonds. The van der Waals surface area contributed by atoms with Gasteiger partial charge in [-0.2, -0.15) is 0 Å². The highest BCUT2D eigenvalue weighted by Crippen LogP contribution is 2.31. The normalized spacial score (nSPS) is 10.6. The van der Waals surface area contributed by atoms with E-state index in [1.165, 1.54) is 6.07 Å². The summed E-state index contributed by atoms with van der Waals surface area (Å²) in [5.41, 5.74) is 0.403. The van der Waals surface area contributed by atoms with Crippen LogP contribution < -0.4 is 5.32 Å². The second kappa shape index (κ2) is 6.42. The molecule has 0 saturated carbocycles. The molecule has 1 N–H and O–H groups in total. The van der Waals surface area contributed by atoms with E-state index in [1.54, 1.807) is 12.1 Å². The molecular formula is C11H16ClN3O2. The van der Waals surface area contributed by atoms with Crippen molar-refractivity contribution in [1.29, 1.82) is 0 Å². The fourth-order valence-corrected chi connectivity index (χ4v) is 1.61. The van der Waals surface area contributed by atoms with Gasteiger partial charge in [0, 0.05) is 19.2 Å². The first-order valence-corrected chi connectivity index (χ1v) is 5.79. The minimum Gasteiger partial charge on any atom is -0.377 e. The van der Waals surface area contributed by atoms with Crippen molar-refractivity contribution < 1.29 is 4.92 Å². The average molecular weight is 258 g/mol. The number of benzene rings is 1. The Morgan fingerprint density at radius 2 is 2.24 bits per heavy atom. The summed E-state index contributed by atoms with van der Waals surface area (Å²) in [7, 11) is 1.99. The molecule has 1 rings (SSSR count). The number of halogens is 1. The zero-order valence-corrected chi connectivity index (χ0v) is 10.7. The van der Waals surface area contributed by atoms with Crippen molar-refractivity contribution in [1.82, 2.24) is 4.90 Å². The lowest BCUT2D eigenvalue weighted by molar-refractivity contribution is -0.383. The maximum atomic E-state index is 10.8. The van der Waals surface area contributed by atoms with Gasteiger partial charge in [-0.3, -0.25) is 10.1 Å². The van der Waals surface area contributed by atoms with E-state index in [2.05, 4.69) is 17.1 Å². The van der Waals surface area contributed by atoms with Crippen molar-refractivity contribution in [3.8, 4) is 0 Å². The van der Waals surface area contributed by atoms with E-state index in [9.17, 15) is 10.1 Å². The first kappa shape index (κ1) is 13.7. The minimum absolute atomic E-state index is 0.0108. The Kier molecular flexibility index (Phi) is 5.18. The number of hydrogen-bond acceptors (Lipinski definition) is 4. The summed E-state index contributed by atoms with van der Waals surface area (Å²) in [4.78, 5) is 12.5. The van der Waals surface area contributed by atoms with Gasteiger partial charge >= 0.3 is 0 Å². The van der Waals surface area contributed by atoms with Gasteiger partial charge in [-0.25, -0.2) is 0 Å². The monoisotopic (exact) mass is 257 g/mol. The molecule has 17 heavy (non-hydrogen) atoms. The van der Waals surface area contributed by atoms with Crippen LogP contribution in [0.25, 0.3) is 0 Å². The maximum absolute atomic E-state index is 10.8. The maximum Gasteiger partial charge on any atom is 0.293 e. The first-order chi connectivity index (χ1) is 8.06. The number of para-hydroxylation sites is 1. The third kappa shape index (κ3) is 3.87. The Hall–Kier alpha value is -1.33. The highest BCUT2D eigenvalue weighted by molar-refractivity contribution is 6.33. The largest absolute Gasteiger partial charge is 0.377 e. The molecular weight excluding hydrogens is 242 g/mol. The lowest BCUT2D eigenvalue weighted by atomic mass is 10.2. The summed E-state index contributed by atoms with van der Waals surface area (Å²) in [5.74, 6) is 0. The molecule has 0 fully saturated rings. The van der Waals surface area contributed by atoms with Crippen LogP contribution in [0.5, 0.6) is 0 Å². The Bertz CT molecular complexity index is 398. The highest BCUT2D eigenvalue weighted by atomic mass is 35.5. The fourth-order valence-electron chi connectivity index (χ4n) is 1.37. The molecule has 0 saturated heterocycles. The standard InChI is InChI=1S/C11H16ClN3O2/c1-3-14(2)8-7-13-11-9(12)5-4-6-10(11)15(16)17/h4-6,13H,3,7-8H2,1-2H3. The molecule has 0 aliphatic carbocycles. The lowest BCUT2D eigenvalue weighted by Gasteiger charge is -2.15. The summed E-state index contributed by atoms with van der Waals surface area (Å²) < 4.78 is 0. The number of nitro groups is 1. The second-order valence-electron chi connectivity index (χ2n) is 3.71. The van der Waals surface area contributed by atoms with Crippen LogP contribution in [0.4, 0.5) is 11.4 Å². The van der Waals surface area contributed by atoms with E-state index in [0.717, 1.165) is 13.1 Å². The van der Waals surface area contributed by atoms with Crippen molar-refractivity contribution in [3.05, 3.63) is 33.3 Å². The van der Waals surface area contributed by atoms with Gasteiger partial charge < -0.3 is 10.2 Å². The molecule has 0 spiro atoms. The SMILES string of the molecule is CCN(C)CCNc1c(Cl)cccc1[N+](=O)[O-]. The predicted molar refractivity (Wildman–Crippen MR) is 69.8 cm³/mol. The summed E-state index contributed by atoms with van der Waals surface area (Å²) in [6.45, 7) is 4.41. The first-order valence-electron chi connectivity index (χ1n) is 5.41. The van der Waals surface area contributed by atoms with Gasteiger partial charge in [0.05, 0.1) is 9.95 Å². The van der Waals surface area contributed by atoms with Gasteiger partial charge in [0.25, 0.3) is 5.69 Å². The number of nitrogens with one attached hydrogen (secondary N) is 1. The average Bonchev–Trinajstić information content (AvgIpc) is 2.30. The summed E-state index contributed by atoms with van der Waals surface area (Å²) in [6.07, 6.45) is 0. The van der Waals surface area contributed by atoms with E-state index < -0.39 is 4.92 Å². The molecule has 0 radical (unpaired) electrons. The van der Waals surface area contributed by atoms with E-state index in [4.69, 9.17) is 11.6 Å². The Labute approximate surface area is 106 Å². The van der Waals surface area contributed by atoms with Gasteiger partial charge in [0.2, 0.25) is 0 Å². The predicted octanol–water partition coefficient (Wildman–Crippen LogP) is 2.61. The van der Waals surface area contributed by atoms with Gasteiger partial charge in [-0.15, -0.1) is 0 Å². The number of rotatable bonds is 6. The number of nitrogens with zero attached hydrogens (tertiary/aromatic N) is 2. The molecule has 0 heterocycles. The van der Waals surface area contributed by atoms with E-state index in [1.807, 2.05) is 7.05 Å². The van der Waals surface area contributed by atoms with Crippen molar-refractivity contribution in [2.24, 2.45) is 0 Å². The number of likely N-dealkylation sites (N-methyl/N-ethyl adjacent to an activating group) is 1. The van der Waals surface area contributed by atoms with Crippen molar-refractivity contribution in [3.63, 3.8) is 0 Å². The summed E-state index contributed by atoms with van der Waals surface area (Å²) in [5, 5.41) is 14.2. The minimum atomic E-state index is -0.433. The third-order valence-electron chi connectivity index (χ3n) is 2.52. The fraction of sp³-hybridized carbons (Fsp3) is 0.455. The molecule has 0 aromatic heterocycles.